The predicted molar refractivity (Wildman–Crippen MR) is 126 cm³/mol. The number of carbonyl (C=O) groups excluding carboxylic acids is 1. The van der Waals surface area contributed by atoms with Crippen LogP contribution in [-0.4, -0.2) is 17.0 Å². The van der Waals surface area contributed by atoms with Crippen molar-refractivity contribution in [2.45, 2.75) is 99.0 Å². The molecule has 1 N–H and O–H groups in total. The number of hydrogen-bond donors (Lipinski definition) is 1. The third kappa shape index (κ3) is 4.40. The van der Waals surface area contributed by atoms with Gasteiger partial charge in [-0.2, -0.15) is 0 Å². The van der Waals surface area contributed by atoms with E-state index in [1.165, 1.54) is 31.3 Å². The zero-order valence-corrected chi connectivity index (χ0v) is 20.2. The summed E-state index contributed by atoms with van der Waals surface area (Å²) in [4.78, 5) is 12.3. The average molecular weight is 413 g/mol. The standard InChI is InChI=1S/C28H44O2/c1-19(2)20(3)9-10-21(4)25-15-17-27(5)23(8-7-16-28(25,27)6)12-11-22-18-24(29)13-14-26(22)30/h9-12,19-21,24-25,29H,7-8,13-18H2,1-6H3/b10-9+,22-11-,23-12+/t20-,21+,24-,25?,27-,28+/m0/s1. The SMILES string of the molecule is CC(C)[C@@H](C)/C=C/[C@@H](C)C1CC[C@@]2(C)/C(=C/C=C3/C[C@@H](O)CCC3=O)CCC[C@]12C. The molecule has 3 fully saturated rings. The predicted octanol–water partition coefficient (Wildman–Crippen LogP) is 7.04. The van der Waals surface area contributed by atoms with Crippen LogP contribution in [0.5, 0.6) is 0 Å². The molecule has 0 aliphatic heterocycles. The van der Waals surface area contributed by atoms with Gasteiger partial charge in [0.05, 0.1) is 6.10 Å². The number of fused-ring (bicyclic) bond motifs is 1. The highest BCUT2D eigenvalue weighted by Crippen LogP contribution is 2.66. The number of allylic oxidation sites excluding steroid dienone is 5. The first-order valence-corrected chi connectivity index (χ1v) is 12.4. The van der Waals surface area contributed by atoms with Crippen LogP contribution in [0, 0.1) is 34.5 Å². The average Bonchev–Trinajstić information content (AvgIpc) is 2.98. The molecule has 3 saturated carbocycles. The topological polar surface area (TPSA) is 37.3 Å². The van der Waals surface area contributed by atoms with Crippen LogP contribution in [0.4, 0.5) is 0 Å². The first-order chi connectivity index (χ1) is 14.1. The molecule has 0 bridgehead atoms. The zero-order valence-electron chi connectivity index (χ0n) is 20.2. The highest BCUT2D eigenvalue weighted by atomic mass is 16.3. The maximum absolute atomic E-state index is 12.3. The molecule has 0 heterocycles. The third-order valence-electron chi connectivity index (χ3n) is 9.29. The van der Waals surface area contributed by atoms with E-state index in [0.29, 0.717) is 48.3 Å². The molecule has 6 atom stereocenters. The zero-order chi connectivity index (χ0) is 22.1. The normalized spacial score (nSPS) is 39.8. The van der Waals surface area contributed by atoms with Gasteiger partial charge in [0.2, 0.25) is 0 Å². The molecule has 3 rings (SSSR count). The quantitative estimate of drug-likeness (QED) is 0.388. The molecular formula is C28H44O2. The molecule has 2 heteroatoms. The molecular weight excluding hydrogens is 368 g/mol. The van der Waals surface area contributed by atoms with E-state index in [9.17, 15) is 9.90 Å². The molecule has 0 spiro atoms. The Morgan fingerprint density at radius 1 is 1.00 bits per heavy atom. The van der Waals surface area contributed by atoms with E-state index in [1.54, 1.807) is 0 Å². The van der Waals surface area contributed by atoms with E-state index in [-0.39, 0.29) is 17.3 Å². The maximum Gasteiger partial charge on any atom is 0.159 e. The second kappa shape index (κ2) is 9.15. The summed E-state index contributed by atoms with van der Waals surface area (Å²) in [6.07, 6.45) is 16.8. The van der Waals surface area contributed by atoms with Crippen molar-refractivity contribution in [2.75, 3.05) is 0 Å². The van der Waals surface area contributed by atoms with Gasteiger partial charge in [0.25, 0.3) is 0 Å². The summed E-state index contributed by atoms with van der Waals surface area (Å²) < 4.78 is 0. The van der Waals surface area contributed by atoms with Gasteiger partial charge >= 0.3 is 0 Å². The molecule has 30 heavy (non-hydrogen) atoms. The number of rotatable bonds is 5. The minimum atomic E-state index is -0.351. The second-order valence-electron chi connectivity index (χ2n) is 11.3. The molecule has 0 radical (unpaired) electrons. The van der Waals surface area contributed by atoms with E-state index < -0.39 is 0 Å². The summed E-state index contributed by atoms with van der Waals surface area (Å²) in [5, 5.41) is 9.98. The lowest BCUT2D eigenvalue weighted by atomic mass is 9.53. The number of Topliss-reactive ketones (excluding diaryl/α,β-unsaturated/α-hetero) is 1. The Labute approximate surface area is 184 Å². The largest absolute Gasteiger partial charge is 0.393 e. The van der Waals surface area contributed by atoms with Gasteiger partial charge in [-0.25, -0.2) is 0 Å². The fourth-order valence-electron chi connectivity index (χ4n) is 6.48. The first-order valence-electron chi connectivity index (χ1n) is 12.4. The molecule has 0 saturated heterocycles. The fourth-order valence-corrected chi connectivity index (χ4v) is 6.48. The highest BCUT2D eigenvalue weighted by Gasteiger charge is 2.57. The van der Waals surface area contributed by atoms with Crippen molar-refractivity contribution in [2.24, 2.45) is 34.5 Å². The molecule has 2 nitrogen and oxygen atoms in total. The lowest BCUT2D eigenvalue weighted by molar-refractivity contribution is -0.117. The molecule has 3 aliphatic carbocycles. The van der Waals surface area contributed by atoms with E-state index in [1.807, 2.05) is 0 Å². The lowest BCUT2D eigenvalue weighted by Gasteiger charge is -2.51. The van der Waals surface area contributed by atoms with Gasteiger partial charge in [-0.15, -0.1) is 0 Å². The summed E-state index contributed by atoms with van der Waals surface area (Å²) in [5.41, 5.74) is 2.89. The molecule has 168 valence electrons. The van der Waals surface area contributed by atoms with E-state index in [4.69, 9.17) is 0 Å². The number of aliphatic hydroxyl groups excluding tert-OH is 1. The van der Waals surface area contributed by atoms with Crippen molar-refractivity contribution in [3.05, 3.63) is 35.5 Å². The van der Waals surface area contributed by atoms with Crippen molar-refractivity contribution in [1.82, 2.24) is 0 Å². The van der Waals surface area contributed by atoms with Gasteiger partial charge in [0.15, 0.2) is 5.78 Å². The molecule has 1 unspecified atom stereocenters. The van der Waals surface area contributed by atoms with Crippen molar-refractivity contribution in [1.29, 1.82) is 0 Å². The smallest absolute Gasteiger partial charge is 0.159 e. The molecule has 0 amide bonds. The Morgan fingerprint density at radius 2 is 1.73 bits per heavy atom. The van der Waals surface area contributed by atoms with Gasteiger partial charge in [-0.1, -0.05) is 71.4 Å². The van der Waals surface area contributed by atoms with Crippen LogP contribution in [0.15, 0.2) is 35.5 Å². The Balaban J connectivity index is 1.82. The summed E-state index contributed by atoms with van der Waals surface area (Å²) in [7, 11) is 0. The molecule has 0 aromatic heterocycles. The van der Waals surface area contributed by atoms with Crippen LogP contribution in [0.2, 0.25) is 0 Å². The summed E-state index contributed by atoms with van der Waals surface area (Å²) >= 11 is 0. The van der Waals surface area contributed by atoms with Crippen molar-refractivity contribution in [3.8, 4) is 0 Å². The number of ketones is 1. The Morgan fingerprint density at radius 3 is 2.43 bits per heavy atom. The van der Waals surface area contributed by atoms with Crippen LogP contribution in [0.3, 0.4) is 0 Å². The lowest BCUT2D eigenvalue weighted by Crippen LogP contribution is -2.42. The fraction of sp³-hybridized carbons (Fsp3) is 0.750. The van der Waals surface area contributed by atoms with Gasteiger partial charge < -0.3 is 5.11 Å². The van der Waals surface area contributed by atoms with E-state index in [2.05, 4.69) is 65.8 Å². The van der Waals surface area contributed by atoms with Crippen LogP contribution >= 0.6 is 0 Å². The first kappa shape index (κ1) is 23.5. The van der Waals surface area contributed by atoms with Crippen LogP contribution in [-0.2, 0) is 4.79 Å². The van der Waals surface area contributed by atoms with Gasteiger partial charge in [-0.05, 0) is 78.6 Å². The van der Waals surface area contributed by atoms with Crippen LogP contribution in [0.25, 0.3) is 0 Å². The van der Waals surface area contributed by atoms with Crippen molar-refractivity contribution < 1.29 is 9.90 Å². The third-order valence-corrected chi connectivity index (χ3v) is 9.29. The maximum atomic E-state index is 12.3. The van der Waals surface area contributed by atoms with Crippen molar-refractivity contribution >= 4 is 5.78 Å². The van der Waals surface area contributed by atoms with Crippen LogP contribution in [0.1, 0.15) is 92.9 Å². The Hall–Kier alpha value is -1.15. The van der Waals surface area contributed by atoms with Gasteiger partial charge in [0.1, 0.15) is 0 Å². The monoisotopic (exact) mass is 412 g/mol. The van der Waals surface area contributed by atoms with Gasteiger partial charge in [-0.3, -0.25) is 4.79 Å². The molecule has 0 aromatic carbocycles. The minimum Gasteiger partial charge on any atom is -0.393 e. The molecule has 3 aliphatic rings. The highest BCUT2D eigenvalue weighted by molar-refractivity contribution is 5.96. The summed E-state index contributed by atoms with van der Waals surface area (Å²) in [6, 6.07) is 0. The summed E-state index contributed by atoms with van der Waals surface area (Å²) in [6.45, 7) is 14.4. The van der Waals surface area contributed by atoms with Gasteiger partial charge in [0, 0.05) is 12.8 Å². The van der Waals surface area contributed by atoms with Crippen molar-refractivity contribution in [3.63, 3.8) is 0 Å². The Bertz CT molecular complexity index is 727. The number of carbonyl (C=O) groups is 1. The van der Waals surface area contributed by atoms with E-state index in [0.717, 1.165) is 12.0 Å². The van der Waals surface area contributed by atoms with E-state index >= 15 is 0 Å². The number of hydrogen-bond acceptors (Lipinski definition) is 2. The second-order valence-corrected chi connectivity index (χ2v) is 11.3. The minimum absolute atomic E-state index is 0.217. The van der Waals surface area contributed by atoms with Crippen LogP contribution < -0.4 is 0 Å². The molecule has 0 aromatic rings. The number of aliphatic hydroxyl groups is 1. The summed E-state index contributed by atoms with van der Waals surface area (Å²) in [5.74, 6) is 2.86. The Kier molecular flexibility index (Phi) is 7.17.